The van der Waals surface area contributed by atoms with E-state index in [0.717, 1.165) is 6.26 Å². The van der Waals surface area contributed by atoms with E-state index >= 15 is 0 Å². The van der Waals surface area contributed by atoms with E-state index in [1.807, 2.05) is 0 Å². The van der Waals surface area contributed by atoms with Crippen LogP contribution in [0.25, 0.3) is 0 Å². The second-order valence-corrected chi connectivity index (χ2v) is 4.70. The van der Waals surface area contributed by atoms with Crippen molar-refractivity contribution in [1.82, 2.24) is 0 Å². The molecule has 0 aromatic heterocycles. The van der Waals surface area contributed by atoms with Crippen molar-refractivity contribution in [3.8, 4) is 0 Å². The standard InChI is InChI=1S/C6H13N3O3S/c1-13(11,12)3-2-8-4-6(5-10)9-7/h4,10H,2-3,5,7H2,1H3. The van der Waals surface area contributed by atoms with Crippen molar-refractivity contribution in [2.75, 3.05) is 25.2 Å². The molecule has 76 valence electrons. The van der Waals surface area contributed by atoms with Crippen LogP contribution in [0.4, 0.5) is 0 Å². The molecule has 0 atom stereocenters. The van der Waals surface area contributed by atoms with Crippen LogP contribution in [-0.2, 0) is 9.84 Å². The Morgan fingerprint density at radius 1 is 1.62 bits per heavy atom. The second kappa shape index (κ2) is 5.65. The van der Waals surface area contributed by atoms with Crippen LogP contribution < -0.4 is 5.84 Å². The van der Waals surface area contributed by atoms with Crippen molar-refractivity contribution >= 4 is 21.8 Å². The number of hydrogen-bond donors (Lipinski definition) is 2. The smallest absolute Gasteiger partial charge is 0.149 e. The molecule has 0 aromatic carbocycles. The number of sulfone groups is 1. The minimum atomic E-state index is -2.98. The lowest BCUT2D eigenvalue weighted by atomic mass is 10.4. The van der Waals surface area contributed by atoms with Gasteiger partial charge in [0.05, 0.1) is 18.9 Å². The van der Waals surface area contributed by atoms with Crippen molar-refractivity contribution < 1.29 is 13.5 Å². The van der Waals surface area contributed by atoms with Crippen LogP contribution in [0.3, 0.4) is 0 Å². The fourth-order valence-corrected chi connectivity index (χ4v) is 0.940. The maximum Gasteiger partial charge on any atom is 0.149 e. The van der Waals surface area contributed by atoms with Gasteiger partial charge in [0.15, 0.2) is 0 Å². The van der Waals surface area contributed by atoms with Crippen LogP contribution in [0, 0.1) is 0 Å². The predicted molar refractivity (Wildman–Crippen MR) is 51.8 cm³/mol. The lowest BCUT2D eigenvalue weighted by Gasteiger charge is -1.93. The second-order valence-electron chi connectivity index (χ2n) is 2.44. The minimum absolute atomic E-state index is 0.0211. The van der Waals surface area contributed by atoms with Gasteiger partial charge in [-0.15, -0.1) is 0 Å². The van der Waals surface area contributed by atoms with E-state index in [9.17, 15) is 8.42 Å². The monoisotopic (exact) mass is 207 g/mol. The number of nitrogens with zero attached hydrogens (tertiary/aromatic N) is 2. The van der Waals surface area contributed by atoms with E-state index in [4.69, 9.17) is 10.9 Å². The van der Waals surface area contributed by atoms with Gasteiger partial charge in [0.1, 0.15) is 15.5 Å². The van der Waals surface area contributed by atoms with Crippen molar-refractivity contribution in [2.24, 2.45) is 15.9 Å². The highest BCUT2D eigenvalue weighted by Crippen LogP contribution is 1.82. The number of aliphatic hydroxyl groups excluding tert-OH is 1. The molecular weight excluding hydrogens is 194 g/mol. The molecule has 0 aliphatic carbocycles. The molecule has 0 heterocycles. The summed E-state index contributed by atoms with van der Waals surface area (Å²) in [5, 5.41) is 11.8. The third-order valence-corrected chi connectivity index (χ3v) is 2.08. The number of hydrazone groups is 1. The van der Waals surface area contributed by atoms with Crippen LogP contribution in [-0.4, -0.2) is 50.6 Å². The van der Waals surface area contributed by atoms with Crippen molar-refractivity contribution in [2.45, 2.75) is 0 Å². The first kappa shape index (κ1) is 12.0. The van der Waals surface area contributed by atoms with Crippen molar-refractivity contribution in [3.63, 3.8) is 0 Å². The number of nitrogens with two attached hydrogens (primary N) is 1. The summed E-state index contributed by atoms with van der Waals surface area (Å²) in [6.45, 7) is -0.156. The molecule has 0 spiro atoms. The van der Waals surface area contributed by atoms with Crippen molar-refractivity contribution in [1.29, 1.82) is 0 Å². The summed E-state index contributed by atoms with van der Waals surface area (Å²) in [5.41, 5.74) is 0.216. The first-order chi connectivity index (χ1) is 5.99. The molecule has 0 aliphatic heterocycles. The summed E-state index contributed by atoms with van der Waals surface area (Å²) in [7, 11) is -2.98. The third kappa shape index (κ3) is 7.41. The molecule has 0 radical (unpaired) electrons. The Hall–Kier alpha value is -0.950. The van der Waals surface area contributed by atoms with E-state index < -0.39 is 9.84 Å². The van der Waals surface area contributed by atoms with Gasteiger partial charge in [0.2, 0.25) is 0 Å². The number of aliphatic imine (C=N–C) groups is 1. The molecule has 0 bridgehead atoms. The van der Waals surface area contributed by atoms with Gasteiger partial charge in [-0.1, -0.05) is 0 Å². The SMILES string of the molecule is CS(=O)(=O)CCN=CC(CO)=NN. The van der Waals surface area contributed by atoms with Crippen LogP contribution in [0.2, 0.25) is 0 Å². The average Bonchev–Trinajstić information content (AvgIpc) is 2.03. The molecule has 0 amide bonds. The summed E-state index contributed by atoms with van der Waals surface area (Å²) < 4.78 is 21.3. The topological polar surface area (TPSA) is 105 Å². The molecule has 13 heavy (non-hydrogen) atoms. The van der Waals surface area contributed by atoms with Gasteiger partial charge in [0.25, 0.3) is 0 Å². The lowest BCUT2D eigenvalue weighted by Crippen LogP contribution is -2.11. The van der Waals surface area contributed by atoms with E-state index in [2.05, 4.69) is 10.1 Å². The molecule has 6 nitrogen and oxygen atoms in total. The summed E-state index contributed by atoms with van der Waals surface area (Å²) >= 11 is 0. The molecule has 0 unspecified atom stereocenters. The lowest BCUT2D eigenvalue weighted by molar-refractivity contribution is 0.359. The zero-order valence-corrected chi connectivity index (χ0v) is 8.16. The van der Waals surface area contributed by atoms with Crippen molar-refractivity contribution in [3.05, 3.63) is 0 Å². The van der Waals surface area contributed by atoms with Crippen LogP contribution in [0.1, 0.15) is 0 Å². The molecule has 0 aromatic rings. The zero-order chi connectivity index (χ0) is 10.3. The van der Waals surface area contributed by atoms with Crippen LogP contribution in [0.15, 0.2) is 10.1 Å². The fourth-order valence-electron chi connectivity index (χ4n) is 0.503. The fraction of sp³-hybridized carbons (Fsp3) is 0.667. The van der Waals surface area contributed by atoms with E-state index in [-0.39, 0.29) is 24.6 Å². The van der Waals surface area contributed by atoms with Crippen LogP contribution in [0.5, 0.6) is 0 Å². The molecule has 3 N–H and O–H groups in total. The van der Waals surface area contributed by atoms with E-state index in [1.54, 1.807) is 0 Å². The first-order valence-corrected chi connectivity index (χ1v) is 5.61. The van der Waals surface area contributed by atoms with Gasteiger partial charge in [-0.05, 0) is 0 Å². The summed E-state index contributed by atoms with van der Waals surface area (Å²) in [5.74, 6) is 4.85. The first-order valence-electron chi connectivity index (χ1n) is 3.54. The third-order valence-electron chi connectivity index (χ3n) is 1.16. The van der Waals surface area contributed by atoms with E-state index in [0.29, 0.717) is 0 Å². The maximum atomic E-state index is 10.6. The minimum Gasteiger partial charge on any atom is -0.390 e. The maximum absolute atomic E-state index is 10.6. The Kier molecular flexibility index (Phi) is 5.24. The Morgan fingerprint density at radius 3 is 2.62 bits per heavy atom. The molecule has 0 fully saturated rings. The zero-order valence-electron chi connectivity index (χ0n) is 7.34. The molecule has 0 rings (SSSR count). The summed E-state index contributed by atoms with van der Waals surface area (Å²) in [4.78, 5) is 3.72. The highest BCUT2D eigenvalue weighted by molar-refractivity contribution is 7.90. The Balaban J connectivity index is 3.90. The molecular formula is C6H13N3O3S. The number of aliphatic hydroxyl groups is 1. The number of hydrogen-bond acceptors (Lipinski definition) is 6. The van der Waals surface area contributed by atoms with Gasteiger partial charge >= 0.3 is 0 Å². The summed E-state index contributed by atoms with van der Waals surface area (Å²) in [6.07, 6.45) is 2.39. The summed E-state index contributed by atoms with van der Waals surface area (Å²) in [6, 6.07) is 0. The Bertz CT molecular complexity index is 294. The Morgan fingerprint density at radius 2 is 2.23 bits per heavy atom. The Labute approximate surface area is 77.1 Å². The van der Waals surface area contributed by atoms with Crippen LogP contribution >= 0.6 is 0 Å². The normalized spacial score (nSPS) is 13.8. The highest BCUT2D eigenvalue weighted by atomic mass is 32.2. The van der Waals surface area contributed by atoms with E-state index in [1.165, 1.54) is 6.21 Å². The molecule has 7 heteroatoms. The van der Waals surface area contributed by atoms with Gasteiger partial charge in [-0.2, -0.15) is 5.10 Å². The molecule has 0 saturated carbocycles. The van der Waals surface area contributed by atoms with Gasteiger partial charge in [-0.25, -0.2) is 8.42 Å². The van der Waals surface area contributed by atoms with Gasteiger partial charge in [0, 0.05) is 12.5 Å². The highest BCUT2D eigenvalue weighted by Gasteiger charge is 1.99. The largest absolute Gasteiger partial charge is 0.390 e. The molecule has 0 aliphatic rings. The average molecular weight is 207 g/mol. The van der Waals surface area contributed by atoms with Gasteiger partial charge in [-0.3, -0.25) is 4.99 Å². The molecule has 0 saturated heterocycles. The predicted octanol–water partition coefficient (Wildman–Crippen LogP) is -1.59. The quantitative estimate of drug-likeness (QED) is 0.322. The van der Waals surface area contributed by atoms with Gasteiger partial charge < -0.3 is 10.9 Å². The number of rotatable bonds is 5.